The fourth-order valence-corrected chi connectivity index (χ4v) is 23.2. The fourth-order valence-electron chi connectivity index (χ4n) is 22.9. The normalized spacial score (nSPS) is 21.3. The van der Waals surface area contributed by atoms with Crippen LogP contribution in [0, 0.1) is 17.8 Å². The molecule has 7 aromatic carbocycles. The Kier molecular flexibility index (Phi) is 31.2. The van der Waals surface area contributed by atoms with Crippen molar-refractivity contribution in [3.05, 3.63) is 175 Å². The van der Waals surface area contributed by atoms with Crippen molar-refractivity contribution < 1.29 is 71.5 Å². The molecule has 6 heterocycles. The van der Waals surface area contributed by atoms with E-state index in [1.807, 2.05) is 111 Å². The standard InChI is InChI=1S/C28H36ClNO4.C24H29NO3.C22H23NO3.C20H33NO3.C18H26N2O2/c1-18(31)8-7-14-30-15-13-21-22(16-24-26(25(21)29)34-28(5,6)33-24)23(17-30)19-9-11-20(12-10-19)32-27(2,3)4;1-15(26)14-25-12-11-16-7-6-8-18-21(16)19(25)13-17-9-10-20(27-5)23(22(17)18)28-24(2,3)4;1-13(24)12-23-10-9-14-5-4-6-16-19(14)17(23)11-15-7-8-18-21(20(15)16)26-22(2,3)25-18;1-14(22)6-5-7-21(18(23)24-19(2,3)4)20-11-15-8-16(12-20)10-17(9-15)13-20;1-3-10-20(11-5-6-14(2)21)12-9-15-7-4-8-17-16(15)13-18(22)19-17/h9-12,16,23H,7-8,13-15,17H2,1-6H3;6-10,19H,11-14H2,1-5H3;4-8,17H,9-12H2,1-3H3;15-17H,5-13H2,1-4H3;4,7-8H,3,5-6,9-13H2,1-2H3,(H,19,22)/t23-;19-;17-;;/m111../s1. The maximum Gasteiger partial charge on any atom is 0.410 e. The molecule has 0 aromatic heterocycles. The minimum atomic E-state index is -0.730. The number of Topliss-reactive ketones (excluding diaryl/α,β-unsaturated/α-hetero) is 5. The minimum absolute atomic E-state index is 0.00608. The van der Waals surface area contributed by atoms with Gasteiger partial charge >= 0.3 is 6.09 Å². The Labute approximate surface area is 801 Å². The van der Waals surface area contributed by atoms with Crippen LogP contribution in [0.25, 0.3) is 22.3 Å². The fraction of sp³-hybridized carbons (Fsp3) is 0.562. The van der Waals surface area contributed by atoms with Gasteiger partial charge in [0.25, 0.3) is 0 Å². The van der Waals surface area contributed by atoms with Crippen LogP contribution >= 0.6 is 11.6 Å². The molecule has 19 rings (SSSR count). The second kappa shape index (κ2) is 41.7. The van der Waals surface area contributed by atoms with E-state index in [2.05, 4.69) is 125 Å². The van der Waals surface area contributed by atoms with Gasteiger partial charge in [-0.1, -0.05) is 91.3 Å². The van der Waals surface area contributed by atoms with Crippen LogP contribution in [0.3, 0.4) is 0 Å². The molecular formula is C112H147ClN6O15. The number of anilines is 1. The number of hydrogen-bond acceptors (Lipinski definition) is 19. The van der Waals surface area contributed by atoms with E-state index in [0.29, 0.717) is 61.8 Å². The first-order chi connectivity index (χ1) is 63.4. The van der Waals surface area contributed by atoms with Gasteiger partial charge in [0, 0.05) is 127 Å². The van der Waals surface area contributed by atoms with E-state index >= 15 is 0 Å². The lowest BCUT2D eigenvalue weighted by molar-refractivity contribution is -0.119. The van der Waals surface area contributed by atoms with Crippen molar-refractivity contribution in [1.82, 2.24) is 24.5 Å². The number of benzene rings is 7. The van der Waals surface area contributed by atoms with Crippen molar-refractivity contribution in [2.45, 2.75) is 312 Å². The predicted molar refractivity (Wildman–Crippen MR) is 529 cm³/mol. The third-order valence-electron chi connectivity index (χ3n) is 27.7. The van der Waals surface area contributed by atoms with Crippen LogP contribution in [0.2, 0.25) is 5.02 Å². The molecule has 7 aromatic rings. The van der Waals surface area contributed by atoms with Crippen molar-refractivity contribution in [2.75, 3.05) is 84.4 Å². The molecule has 0 spiro atoms. The monoisotopic (exact) mass is 1850 g/mol. The van der Waals surface area contributed by atoms with Crippen LogP contribution in [-0.2, 0) is 78.4 Å². The number of carbonyl (C=O) groups excluding carboxylic acids is 7. The summed E-state index contributed by atoms with van der Waals surface area (Å²) in [5.74, 6) is 7.83. The quantitative estimate of drug-likeness (QED) is 0.0532. The average molecular weight is 1850 g/mol. The summed E-state index contributed by atoms with van der Waals surface area (Å²) in [5, 5.41) is 3.56. The Morgan fingerprint density at radius 1 is 0.552 bits per heavy atom. The van der Waals surface area contributed by atoms with Gasteiger partial charge in [-0.05, 0) is 346 Å². The number of methoxy groups -OCH3 is 1. The van der Waals surface area contributed by atoms with Crippen LogP contribution in [0.4, 0.5) is 10.5 Å². The summed E-state index contributed by atoms with van der Waals surface area (Å²) in [6, 6.07) is 38.6. The molecular weight excluding hydrogens is 1700 g/mol. The maximum atomic E-state index is 13.0. The van der Waals surface area contributed by atoms with E-state index in [-0.39, 0.29) is 75.7 Å². The van der Waals surface area contributed by atoms with E-state index < -0.39 is 17.2 Å². The highest BCUT2D eigenvalue weighted by atomic mass is 35.5. The van der Waals surface area contributed by atoms with Crippen molar-refractivity contribution in [2.24, 2.45) is 17.8 Å². The smallest absolute Gasteiger partial charge is 0.410 e. The Morgan fingerprint density at radius 2 is 1.10 bits per heavy atom. The lowest BCUT2D eigenvalue weighted by Crippen LogP contribution is -2.62. The zero-order valence-electron chi connectivity index (χ0n) is 83.5. The Bertz CT molecular complexity index is 5440. The van der Waals surface area contributed by atoms with E-state index in [1.54, 1.807) is 41.7 Å². The molecule has 12 aliphatic rings. The summed E-state index contributed by atoms with van der Waals surface area (Å²) in [7, 11) is 1.69. The molecule has 21 nitrogen and oxygen atoms in total. The summed E-state index contributed by atoms with van der Waals surface area (Å²) < 4.78 is 48.1. The van der Waals surface area contributed by atoms with Crippen molar-refractivity contribution in [3.8, 4) is 62.5 Å². The van der Waals surface area contributed by atoms with Gasteiger partial charge in [-0.15, -0.1) is 0 Å². The van der Waals surface area contributed by atoms with E-state index in [0.717, 1.165) is 205 Å². The van der Waals surface area contributed by atoms with Crippen LogP contribution < -0.4 is 38.5 Å². The largest absolute Gasteiger partial charge is 0.493 e. The molecule has 4 saturated carbocycles. The number of ketones is 5. The summed E-state index contributed by atoms with van der Waals surface area (Å²) in [5.41, 5.74) is 18.7. The molecule has 22 heteroatoms. The van der Waals surface area contributed by atoms with Crippen molar-refractivity contribution in [1.29, 1.82) is 0 Å². The molecule has 4 bridgehead atoms. The number of fused-ring (bicyclic) bond motifs is 9. The molecule has 722 valence electrons. The molecule has 134 heavy (non-hydrogen) atoms. The van der Waals surface area contributed by atoms with Gasteiger partial charge in [0.1, 0.15) is 51.5 Å². The summed E-state index contributed by atoms with van der Waals surface area (Å²) >= 11 is 6.93. The number of nitrogens with one attached hydrogen (secondary N) is 1. The maximum absolute atomic E-state index is 13.0. The molecule has 3 atom stereocenters. The second-order valence-corrected chi connectivity index (χ2v) is 43.8. The highest BCUT2D eigenvalue weighted by Crippen LogP contribution is 2.60. The van der Waals surface area contributed by atoms with E-state index in [1.165, 1.54) is 86.0 Å². The molecule has 4 fully saturated rings. The van der Waals surface area contributed by atoms with Gasteiger partial charge in [-0.25, -0.2) is 4.79 Å². The highest BCUT2D eigenvalue weighted by Gasteiger charge is 2.56. The first-order valence-electron chi connectivity index (χ1n) is 49.4. The Morgan fingerprint density at radius 3 is 1.66 bits per heavy atom. The number of carbonyl (C=O) groups is 7. The van der Waals surface area contributed by atoms with Gasteiger partial charge < -0.3 is 72.3 Å². The first kappa shape index (κ1) is 100. The van der Waals surface area contributed by atoms with Gasteiger partial charge in [-0.2, -0.15) is 0 Å². The summed E-state index contributed by atoms with van der Waals surface area (Å²) in [6.07, 6.45) is 18.8. The van der Waals surface area contributed by atoms with E-state index in [4.69, 9.17) is 49.5 Å². The number of ether oxygens (including phenoxy) is 8. The third kappa shape index (κ3) is 24.5. The van der Waals surface area contributed by atoms with Crippen molar-refractivity contribution >= 4 is 58.2 Å². The zero-order valence-corrected chi connectivity index (χ0v) is 84.3. The molecule has 0 saturated heterocycles. The van der Waals surface area contributed by atoms with E-state index in [9.17, 15) is 33.6 Å². The number of halogens is 1. The topological polar surface area (TPSA) is 222 Å². The summed E-state index contributed by atoms with van der Waals surface area (Å²) in [6.45, 7) is 45.5. The van der Waals surface area contributed by atoms with Gasteiger partial charge in [-0.3, -0.25) is 24.2 Å². The SMILES string of the molecule is CC(=O)CCCN(C(=O)OC(C)(C)C)C12CC3CC(CC(C3)C1)C2.CC(=O)CCCN1CCc2c(cc3c(c2Cl)OC(C)(C)O3)[C@@H](c2ccc(OC(C)(C)C)cc2)C1.CC(=O)CN1CCc2cccc3c2[C@H]1Cc1ccc2c(c1-3)OC(C)(C)O2.CCCN(CCCC(C)=O)CCc1cccc2c1CC(=O)N2.COc1ccc2c(c1OC(C)(C)C)-c1cccc3c1[C@@H](C2)N(CC(C)=O)CC3. The predicted octanol–water partition coefficient (Wildman–Crippen LogP) is 22.2. The molecule has 0 unspecified atom stereocenters. The lowest BCUT2D eigenvalue weighted by Gasteiger charge is -2.60. The number of rotatable bonds is 26. The minimum Gasteiger partial charge on any atom is -0.493 e. The van der Waals surface area contributed by atoms with Gasteiger partial charge in [0.15, 0.2) is 34.5 Å². The van der Waals surface area contributed by atoms with Gasteiger partial charge in [0.2, 0.25) is 17.5 Å². The van der Waals surface area contributed by atoms with Crippen LogP contribution in [0.1, 0.15) is 294 Å². The van der Waals surface area contributed by atoms with Crippen LogP contribution in [0.15, 0.2) is 109 Å². The molecule has 1 N–H and O–H groups in total. The summed E-state index contributed by atoms with van der Waals surface area (Å²) in [4.78, 5) is 93.6. The van der Waals surface area contributed by atoms with Crippen LogP contribution in [0.5, 0.6) is 40.2 Å². The molecule has 6 aliphatic carbocycles. The number of hydrogen-bond donors (Lipinski definition) is 1. The number of amides is 2. The third-order valence-corrected chi connectivity index (χ3v) is 28.1. The second-order valence-electron chi connectivity index (χ2n) is 43.4. The molecule has 0 radical (unpaired) electrons. The lowest BCUT2D eigenvalue weighted by atomic mass is 9.52. The van der Waals surface area contributed by atoms with Crippen LogP contribution in [-0.4, -0.2) is 178 Å². The average Bonchev–Trinajstić information content (AvgIpc) is 1.40. The molecule has 6 aliphatic heterocycles. The Balaban J connectivity index is 0.000000135. The number of nitrogens with zero attached hydrogens (tertiary/aromatic N) is 5. The van der Waals surface area contributed by atoms with Gasteiger partial charge in [0.05, 0.1) is 31.6 Å². The first-order valence-corrected chi connectivity index (χ1v) is 49.8. The zero-order chi connectivity index (χ0) is 96.3. The highest BCUT2D eigenvalue weighted by molar-refractivity contribution is 6.33. The Hall–Kier alpha value is -9.64. The van der Waals surface area contributed by atoms with Crippen molar-refractivity contribution in [3.63, 3.8) is 0 Å². The molecule has 2 amide bonds.